The molecule has 1 aromatic heterocycles. The van der Waals surface area contributed by atoms with E-state index in [4.69, 9.17) is 9.47 Å². The van der Waals surface area contributed by atoms with Crippen LogP contribution in [0.15, 0.2) is 24.3 Å². The summed E-state index contributed by atoms with van der Waals surface area (Å²) in [6, 6.07) is 7.76. The Morgan fingerprint density at radius 1 is 1.37 bits per heavy atom. The monoisotopic (exact) mass is 372 g/mol. The number of methoxy groups -OCH3 is 1. The number of rotatable bonds is 5. The molecule has 0 radical (unpaired) electrons. The molecule has 3 heterocycles. The number of carboxylic acid groups (broad SMARTS) is 1. The van der Waals surface area contributed by atoms with Crippen LogP contribution < -0.4 is 10.1 Å². The van der Waals surface area contributed by atoms with Crippen molar-refractivity contribution in [3.05, 3.63) is 30.0 Å². The van der Waals surface area contributed by atoms with Crippen LogP contribution >= 0.6 is 0 Å². The number of aromatic nitrogens is 2. The highest BCUT2D eigenvalue weighted by Gasteiger charge is 2.46. The summed E-state index contributed by atoms with van der Waals surface area (Å²) in [5, 5.41) is 14.1. The largest absolute Gasteiger partial charge is 0.465 e. The van der Waals surface area contributed by atoms with E-state index in [0.717, 1.165) is 29.4 Å². The van der Waals surface area contributed by atoms with Gasteiger partial charge in [-0.2, -0.15) is 9.97 Å². The zero-order valence-electron chi connectivity index (χ0n) is 15.5. The number of hydrogen-bond acceptors (Lipinski definition) is 6. The lowest BCUT2D eigenvalue weighted by Gasteiger charge is -2.39. The average molecular weight is 372 g/mol. The van der Waals surface area contributed by atoms with Gasteiger partial charge in [0.15, 0.2) is 0 Å². The molecule has 1 aromatic carbocycles. The van der Waals surface area contributed by atoms with Crippen molar-refractivity contribution in [3.63, 3.8) is 0 Å². The topological polar surface area (TPSA) is 96.8 Å². The molecule has 1 amide bonds. The van der Waals surface area contributed by atoms with Crippen LogP contribution in [-0.4, -0.2) is 64.5 Å². The number of hydrogen-bond donors (Lipinski definition) is 2. The average Bonchev–Trinajstić information content (AvgIpc) is 2.99. The minimum atomic E-state index is -0.863. The van der Waals surface area contributed by atoms with Crippen LogP contribution in [0, 0.1) is 0 Å². The van der Waals surface area contributed by atoms with Crippen molar-refractivity contribution in [3.8, 4) is 6.01 Å². The van der Waals surface area contributed by atoms with Crippen molar-refractivity contribution in [1.29, 1.82) is 0 Å². The number of benzene rings is 1. The molecule has 27 heavy (non-hydrogen) atoms. The van der Waals surface area contributed by atoms with Gasteiger partial charge in [-0.05, 0) is 25.8 Å². The van der Waals surface area contributed by atoms with Gasteiger partial charge in [0.1, 0.15) is 6.61 Å². The van der Waals surface area contributed by atoms with Crippen LogP contribution in [-0.2, 0) is 4.74 Å². The molecule has 2 aliphatic rings. The first-order valence-electron chi connectivity index (χ1n) is 9.25. The molecule has 2 N–H and O–H groups in total. The zero-order chi connectivity index (χ0) is 19.0. The molecular formula is C19H24N4O4. The first-order valence-corrected chi connectivity index (χ1v) is 9.25. The predicted molar refractivity (Wildman–Crippen MR) is 98.9 cm³/mol. The van der Waals surface area contributed by atoms with Crippen LogP contribution in [0.1, 0.15) is 31.5 Å². The van der Waals surface area contributed by atoms with E-state index in [9.17, 15) is 9.90 Å². The highest BCUT2D eigenvalue weighted by molar-refractivity contribution is 5.82. The molecule has 2 fully saturated rings. The van der Waals surface area contributed by atoms with Gasteiger partial charge in [-0.3, -0.25) is 4.90 Å². The standard InChI is InChI=1S/C19H24N4O4/c1-11(26-2)10-27-18-21-14-6-4-3-5-13(14)16(22-18)17-15-8-7-12(9-20-17)23(15)19(24)25/h3-6,11-12,15,17,20H,7-10H2,1-2H3,(H,24,25)/t11-,12?,15?,17?/m0/s1. The Morgan fingerprint density at radius 3 is 2.96 bits per heavy atom. The van der Waals surface area contributed by atoms with Gasteiger partial charge in [-0.15, -0.1) is 0 Å². The summed E-state index contributed by atoms with van der Waals surface area (Å²) in [6.07, 6.45) is 0.759. The second-order valence-corrected chi connectivity index (χ2v) is 7.14. The highest BCUT2D eigenvalue weighted by Crippen LogP contribution is 2.38. The first-order chi connectivity index (χ1) is 13.1. The fourth-order valence-corrected chi connectivity index (χ4v) is 4.06. The SMILES string of the molecule is CO[C@@H](C)COc1nc(C2NCC3CCC2N3C(=O)O)c2ccccc2n1. The lowest BCUT2D eigenvalue weighted by atomic mass is 9.98. The Morgan fingerprint density at radius 2 is 2.19 bits per heavy atom. The quantitative estimate of drug-likeness (QED) is 0.830. The van der Waals surface area contributed by atoms with Gasteiger partial charge >= 0.3 is 12.1 Å². The third kappa shape index (κ3) is 3.30. The van der Waals surface area contributed by atoms with E-state index in [-0.39, 0.29) is 30.2 Å². The summed E-state index contributed by atoms with van der Waals surface area (Å²) in [5.41, 5.74) is 1.57. The molecule has 0 aliphatic carbocycles. The molecule has 2 saturated heterocycles. The van der Waals surface area contributed by atoms with Gasteiger partial charge < -0.3 is 19.9 Å². The van der Waals surface area contributed by atoms with Crippen LogP contribution in [0.4, 0.5) is 4.79 Å². The molecule has 0 spiro atoms. The maximum atomic E-state index is 11.8. The molecule has 8 heteroatoms. The third-order valence-corrected chi connectivity index (χ3v) is 5.48. The lowest BCUT2D eigenvalue weighted by molar-refractivity contribution is 0.0676. The number of carbonyl (C=O) groups is 1. The molecule has 2 bridgehead atoms. The van der Waals surface area contributed by atoms with E-state index < -0.39 is 6.09 Å². The number of nitrogens with one attached hydrogen (secondary N) is 1. The molecule has 2 aromatic rings. The van der Waals surface area contributed by atoms with Gasteiger partial charge in [0.2, 0.25) is 0 Å². The summed E-state index contributed by atoms with van der Waals surface area (Å²) in [4.78, 5) is 22.5. The van der Waals surface area contributed by atoms with Crippen LogP contribution in [0.25, 0.3) is 10.9 Å². The van der Waals surface area contributed by atoms with Crippen molar-refractivity contribution in [2.75, 3.05) is 20.3 Å². The van der Waals surface area contributed by atoms with Crippen molar-refractivity contribution < 1.29 is 19.4 Å². The summed E-state index contributed by atoms with van der Waals surface area (Å²) >= 11 is 0. The van der Waals surface area contributed by atoms with Gasteiger partial charge in [0, 0.05) is 25.1 Å². The number of piperazine rings is 1. The Bertz CT molecular complexity index is 846. The van der Waals surface area contributed by atoms with E-state index in [1.54, 1.807) is 12.0 Å². The van der Waals surface area contributed by atoms with Crippen molar-refractivity contribution in [2.45, 2.75) is 44.0 Å². The summed E-state index contributed by atoms with van der Waals surface area (Å²) in [7, 11) is 1.63. The third-order valence-electron chi connectivity index (χ3n) is 5.48. The van der Waals surface area contributed by atoms with Gasteiger partial charge in [0.05, 0.1) is 29.4 Å². The minimum Gasteiger partial charge on any atom is -0.465 e. The van der Waals surface area contributed by atoms with Gasteiger partial charge in [0.25, 0.3) is 0 Å². The normalized spacial score (nSPS) is 25.6. The minimum absolute atomic E-state index is 0.0372. The smallest absolute Gasteiger partial charge is 0.407 e. The maximum Gasteiger partial charge on any atom is 0.407 e. The molecular weight excluding hydrogens is 348 g/mol. The van der Waals surface area contributed by atoms with E-state index in [2.05, 4.69) is 15.3 Å². The maximum absolute atomic E-state index is 11.8. The Labute approximate surface area is 157 Å². The summed E-state index contributed by atoms with van der Waals surface area (Å²) in [5.74, 6) is 0. The Hall–Kier alpha value is -2.45. The predicted octanol–water partition coefficient (Wildman–Crippen LogP) is 2.20. The fraction of sp³-hybridized carbons (Fsp3) is 0.526. The Balaban J connectivity index is 1.72. The first kappa shape index (κ1) is 17.9. The summed E-state index contributed by atoms with van der Waals surface area (Å²) in [6.45, 7) is 2.88. The lowest BCUT2D eigenvalue weighted by Crippen LogP contribution is -2.55. The number of para-hydroxylation sites is 1. The van der Waals surface area contributed by atoms with Crippen LogP contribution in [0.3, 0.4) is 0 Å². The molecule has 144 valence electrons. The van der Waals surface area contributed by atoms with Gasteiger partial charge in [-0.1, -0.05) is 18.2 Å². The Kier molecular flexibility index (Phi) is 4.84. The van der Waals surface area contributed by atoms with E-state index >= 15 is 0 Å². The van der Waals surface area contributed by atoms with Crippen molar-refractivity contribution in [1.82, 2.24) is 20.2 Å². The number of fused-ring (bicyclic) bond motifs is 3. The fourth-order valence-electron chi connectivity index (χ4n) is 4.06. The van der Waals surface area contributed by atoms with E-state index in [1.807, 2.05) is 31.2 Å². The number of nitrogens with zero attached hydrogens (tertiary/aromatic N) is 3. The molecule has 0 saturated carbocycles. The van der Waals surface area contributed by atoms with Crippen LogP contribution in [0.2, 0.25) is 0 Å². The van der Waals surface area contributed by atoms with Gasteiger partial charge in [-0.25, -0.2) is 4.79 Å². The molecule has 4 atom stereocenters. The second kappa shape index (κ2) is 7.28. The second-order valence-electron chi connectivity index (χ2n) is 7.14. The highest BCUT2D eigenvalue weighted by atomic mass is 16.5. The molecule has 3 unspecified atom stereocenters. The number of ether oxygens (including phenoxy) is 2. The summed E-state index contributed by atoms with van der Waals surface area (Å²) < 4.78 is 11.0. The molecule has 2 aliphatic heterocycles. The van der Waals surface area contributed by atoms with E-state index in [0.29, 0.717) is 13.2 Å². The molecule has 8 nitrogen and oxygen atoms in total. The van der Waals surface area contributed by atoms with Crippen molar-refractivity contribution in [2.24, 2.45) is 0 Å². The van der Waals surface area contributed by atoms with Crippen LogP contribution in [0.5, 0.6) is 6.01 Å². The number of amides is 1. The van der Waals surface area contributed by atoms with E-state index in [1.165, 1.54) is 0 Å². The zero-order valence-corrected chi connectivity index (χ0v) is 15.5. The molecule has 4 rings (SSSR count). The van der Waals surface area contributed by atoms with Crippen molar-refractivity contribution >= 4 is 17.0 Å².